The van der Waals surface area contributed by atoms with Crippen molar-refractivity contribution in [2.45, 2.75) is 19.3 Å². The molecule has 1 atom stereocenters. The number of fused-ring (bicyclic) bond motifs is 2. The number of non-ortho nitro benzene ring substituents is 1. The number of nitriles is 1. The molecule has 0 fully saturated rings. The molecule has 3 rings (SSSR count). The molecular weight excluding hydrogens is 412 g/mol. The Bertz CT molecular complexity index is 1130. The maximum atomic E-state index is 13.3. The molecule has 0 aliphatic carbocycles. The number of anilines is 1. The van der Waals surface area contributed by atoms with Gasteiger partial charge in [0.1, 0.15) is 17.2 Å². The number of ether oxygens (including phenoxy) is 3. The Morgan fingerprint density at radius 2 is 1.94 bits per heavy atom. The van der Waals surface area contributed by atoms with Gasteiger partial charge in [-0.15, -0.1) is 0 Å². The fraction of sp³-hybridized carbons (Fsp3) is 0.263. The summed E-state index contributed by atoms with van der Waals surface area (Å²) in [5.41, 5.74) is 1.89. The molecule has 12 nitrogen and oxygen atoms in total. The quantitative estimate of drug-likeness (QED) is 0.388. The molecule has 1 unspecified atom stereocenters. The van der Waals surface area contributed by atoms with E-state index in [9.17, 15) is 29.8 Å². The lowest BCUT2D eigenvalue weighted by molar-refractivity contribution is -0.384. The third kappa shape index (κ3) is 3.03. The topological polar surface area (TPSA) is 184 Å². The van der Waals surface area contributed by atoms with Crippen molar-refractivity contribution in [2.75, 3.05) is 18.5 Å². The van der Waals surface area contributed by atoms with Gasteiger partial charge in [-0.1, -0.05) is 0 Å². The second-order valence-corrected chi connectivity index (χ2v) is 6.29. The van der Waals surface area contributed by atoms with Gasteiger partial charge in [-0.3, -0.25) is 14.9 Å². The zero-order valence-electron chi connectivity index (χ0n) is 16.4. The number of hydrogen-bond acceptors (Lipinski definition) is 10. The van der Waals surface area contributed by atoms with Gasteiger partial charge in [0, 0.05) is 23.4 Å². The number of nitrogens with two attached hydrogens (primary N) is 1. The minimum atomic E-state index is -2.31. The lowest BCUT2D eigenvalue weighted by atomic mass is 9.68. The van der Waals surface area contributed by atoms with Crippen molar-refractivity contribution >= 4 is 29.2 Å². The molecule has 0 saturated heterocycles. The monoisotopic (exact) mass is 428 g/mol. The van der Waals surface area contributed by atoms with Gasteiger partial charge in [0.15, 0.2) is 5.41 Å². The first-order chi connectivity index (χ1) is 14.7. The number of carbonyl (C=O) groups is 3. The minimum Gasteiger partial charge on any atom is -0.462 e. The number of esters is 2. The molecule has 160 valence electrons. The summed E-state index contributed by atoms with van der Waals surface area (Å²) in [5, 5.41) is 23.6. The van der Waals surface area contributed by atoms with Crippen LogP contribution in [0.15, 0.2) is 41.0 Å². The molecule has 2 aliphatic heterocycles. The zero-order chi connectivity index (χ0) is 22.9. The number of amides is 1. The highest BCUT2D eigenvalue weighted by atomic mass is 16.6. The highest BCUT2D eigenvalue weighted by molar-refractivity contribution is 6.19. The first-order valence-corrected chi connectivity index (χ1v) is 9.01. The second-order valence-electron chi connectivity index (χ2n) is 6.29. The fourth-order valence-electron chi connectivity index (χ4n) is 3.52. The largest absolute Gasteiger partial charge is 0.462 e. The van der Waals surface area contributed by atoms with Gasteiger partial charge in [0.05, 0.1) is 18.1 Å². The van der Waals surface area contributed by atoms with Crippen LogP contribution in [-0.4, -0.2) is 36.0 Å². The summed E-state index contributed by atoms with van der Waals surface area (Å²) in [6, 6.07) is 5.13. The standard InChI is InChI=1S/C19H16N4O8/c1-3-29-16(24)13-14(17(25)30-4-2)31-15(21)11(8-20)19(13)10-7-9(23(27)28)5-6-12(10)22-18(19)26/h5-7H,3-4,21H2,1-2H3,(H,22,26). The molecule has 1 spiro atoms. The predicted octanol–water partition coefficient (Wildman–Crippen LogP) is 0.889. The number of rotatable bonds is 5. The average molecular weight is 428 g/mol. The predicted molar refractivity (Wildman–Crippen MR) is 102 cm³/mol. The van der Waals surface area contributed by atoms with E-state index >= 15 is 0 Å². The Labute approximate surface area is 175 Å². The lowest BCUT2D eigenvalue weighted by Gasteiger charge is -2.33. The van der Waals surface area contributed by atoms with Crippen LogP contribution in [0.1, 0.15) is 19.4 Å². The van der Waals surface area contributed by atoms with E-state index in [0.29, 0.717) is 0 Å². The lowest BCUT2D eigenvalue weighted by Crippen LogP contribution is -2.47. The van der Waals surface area contributed by atoms with Crippen LogP contribution in [0.5, 0.6) is 0 Å². The summed E-state index contributed by atoms with van der Waals surface area (Å²) in [5.74, 6) is -4.59. The molecule has 1 aromatic carbocycles. The van der Waals surface area contributed by atoms with Crippen molar-refractivity contribution in [1.82, 2.24) is 0 Å². The van der Waals surface area contributed by atoms with Crippen molar-refractivity contribution in [3.8, 4) is 6.07 Å². The first kappa shape index (κ1) is 21.3. The molecular formula is C19H16N4O8. The molecule has 2 aliphatic rings. The molecule has 0 bridgehead atoms. The van der Waals surface area contributed by atoms with Crippen molar-refractivity contribution in [3.63, 3.8) is 0 Å². The highest BCUT2D eigenvalue weighted by Crippen LogP contribution is 2.52. The van der Waals surface area contributed by atoms with Crippen molar-refractivity contribution < 1.29 is 33.5 Å². The first-order valence-electron chi connectivity index (χ1n) is 9.01. The molecule has 12 heteroatoms. The average Bonchev–Trinajstić information content (AvgIpc) is 2.99. The number of nitro benzene ring substituents is 1. The van der Waals surface area contributed by atoms with E-state index in [4.69, 9.17) is 19.9 Å². The van der Waals surface area contributed by atoms with E-state index in [2.05, 4.69) is 5.32 Å². The molecule has 0 aromatic heterocycles. The summed E-state index contributed by atoms with van der Waals surface area (Å²) in [7, 11) is 0. The molecule has 1 amide bonds. The van der Waals surface area contributed by atoms with E-state index in [-0.39, 0.29) is 24.5 Å². The van der Waals surface area contributed by atoms with Crippen molar-refractivity contribution in [2.24, 2.45) is 5.73 Å². The van der Waals surface area contributed by atoms with Crippen LogP contribution < -0.4 is 11.1 Å². The van der Waals surface area contributed by atoms with E-state index in [1.807, 2.05) is 0 Å². The molecule has 0 saturated carbocycles. The summed E-state index contributed by atoms with van der Waals surface area (Å²) < 4.78 is 15.2. The highest BCUT2D eigenvalue weighted by Gasteiger charge is 2.61. The van der Waals surface area contributed by atoms with Crippen LogP contribution in [0, 0.1) is 21.4 Å². The molecule has 3 N–H and O–H groups in total. The van der Waals surface area contributed by atoms with Crippen LogP contribution in [0.25, 0.3) is 0 Å². The van der Waals surface area contributed by atoms with Gasteiger partial charge in [-0.25, -0.2) is 9.59 Å². The van der Waals surface area contributed by atoms with Gasteiger partial charge in [0.2, 0.25) is 17.5 Å². The third-order valence-electron chi connectivity index (χ3n) is 4.69. The van der Waals surface area contributed by atoms with E-state index in [1.54, 1.807) is 6.07 Å². The van der Waals surface area contributed by atoms with Crippen LogP contribution >= 0.6 is 0 Å². The molecule has 0 radical (unpaired) electrons. The van der Waals surface area contributed by atoms with Crippen LogP contribution in [-0.2, 0) is 34.0 Å². The number of nitrogens with one attached hydrogen (secondary N) is 1. The normalized spacial score (nSPS) is 19.3. The summed E-state index contributed by atoms with van der Waals surface area (Å²) in [6.07, 6.45) is 0. The van der Waals surface area contributed by atoms with Crippen LogP contribution in [0.2, 0.25) is 0 Å². The molecule has 31 heavy (non-hydrogen) atoms. The third-order valence-corrected chi connectivity index (χ3v) is 4.69. The Kier molecular flexibility index (Phi) is 5.35. The minimum absolute atomic E-state index is 0.0862. The Morgan fingerprint density at radius 1 is 1.29 bits per heavy atom. The van der Waals surface area contributed by atoms with Gasteiger partial charge < -0.3 is 25.3 Å². The summed E-state index contributed by atoms with van der Waals surface area (Å²) in [4.78, 5) is 49.4. The molecule has 1 aromatic rings. The Morgan fingerprint density at radius 3 is 2.52 bits per heavy atom. The van der Waals surface area contributed by atoms with Gasteiger partial charge in [0.25, 0.3) is 5.69 Å². The van der Waals surface area contributed by atoms with Gasteiger partial charge in [-0.2, -0.15) is 5.26 Å². The Balaban J connectivity index is 2.47. The summed E-state index contributed by atoms with van der Waals surface area (Å²) in [6.45, 7) is 2.75. The van der Waals surface area contributed by atoms with Crippen LogP contribution in [0.3, 0.4) is 0 Å². The van der Waals surface area contributed by atoms with Gasteiger partial charge >= 0.3 is 11.9 Å². The maximum Gasteiger partial charge on any atom is 0.374 e. The van der Waals surface area contributed by atoms with Crippen LogP contribution in [0.4, 0.5) is 11.4 Å². The zero-order valence-corrected chi connectivity index (χ0v) is 16.4. The smallest absolute Gasteiger partial charge is 0.374 e. The SMILES string of the molecule is CCOC(=O)C1=C(C(=O)OCC)C2(C(=O)Nc3ccc([N+](=O)[O-])cc32)C(C#N)=C(N)O1. The maximum absolute atomic E-state index is 13.3. The van der Waals surface area contributed by atoms with Crippen molar-refractivity contribution in [3.05, 3.63) is 56.7 Å². The number of benzene rings is 1. The Hall–Kier alpha value is -4.40. The number of carbonyl (C=O) groups excluding carboxylic acids is 3. The summed E-state index contributed by atoms with van der Waals surface area (Å²) >= 11 is 0. The van der Waals surface area contributed by atoms with E-state index < -0.39 is 56.7 Å². The van der Waals surface area contributed by atoms with Gasteiger partial charge in [-0.05, 0) is 19.9 Å². The van der Waals surface area contributed by atoms with E-state index in [1.165, 1.54) is 19.9 Å². The molecule has 2 heterocycles. The fourth-order valence-corrected chi connectivity index (χ4v) is 3.52. The number of nitrogens with zero attached hydrogens (tertiary/aromatic N) is 2. The van der Waals surface area contributed by atoms with E-state index in [0.717, 1.165) is 12.1 Å². The number of hydrogen-bond donors (Lipinski definition) is 2. The number of nitro groups is 1. The second kappa shape index (κ2) is 7.79. The van der Waals surface area contributed by atoms with Crippen molar-refractivity contribution in [1.29, 1.82) is 5.26 Å².